The maximum Gasteiger partial charge on any atom is 0.344 e. The Hall–Kier alpha value is -3.13. The van der Waals surface area contributed by atoms with E-state index in [-0.39, 0.29) is 12.6 Å². The first-order valence-corrected chi connectivity index (χ1v) is 8.86. The number of hydrogen-bond acceptors (Lipinski definition) is 4. The molecule has 1 saturated heterocycles. The van der Waals surface area contributed by atoms with E-state index >= 15 is 0 Å². The highest BCUT2D eigenvalue weighted by atomic mass is 16.3. The maximum atomic E-state index is 12.9. The number of carbonyl (C=O) groups is 3. The van der Waals surface area contributed by atoms with Crippen molar-refractivity contribution in [3.8, 4) is 0 Å². The normalized spacial score (nSPS) is 20.4. The van der Waals surface area contributed by atoms with Gasteiger partial charge in [-0.1, -0.05) is 37.3 Å². The van der Waals surface area contributed by atoms with E-state index in [9.17, 15) is 14.4 Å². The average molecular weight is 371 g/mol. The molecule has 2 heterocycles. The average Bonchev–Trinajstić information content (AvgIpc) is 3.30. The standard InChI is InChI=1S/C19H22N4O4/c1-3-19(14-8-5-4-6-9-14)17(25)23(18(26)21-19)22-16(24)12-20-13(2)15-10-7-11-27-15/h4-11,13,20H,3,12H2,1-2H3,(H,21,26)(H,22,24)/p+1/t13-,19+/m0/s1. The third kappa shape index (κ3) is 3.56. The number of imide groups is 1. The van der Waals surface area contributed by atoms with Gasteiger partial charge in [0, 0.05) is 0 Å². The summed E-state index contributed by atoms with van der Waals surface area (Å²) in [5, 5.41) is 5.25. The number of benzene rings is 1. The minimum atomic E-state index is -1.17. The van der Waals surface area contributed by atoms with E-state index in [2.05, 4.69) is 10.7 Å². The van der Waals surface area contributed by atoms with E-state index in [1.54, 1.807) is 41.9 Å². The molecule has 1 aromatic heterocycles. The number of carbonyl (C=O) groups excluding carboxylic acids is 3. The first-order chi connectivity index (χ1) is 13.0. The molecule has 27 heavy (non-hydrogen) atoms. The summed E-state index contributed by atoms with van der Waals surface area (Å²) in [6.45, 7) is 3.76. The van der Waals surface area contributed by atoms with Crippen molar-refractivity contribution in [1.29, 1.82) is 0 Å². The quantitative estimate of drug-likeness (QED) is 0.625. The number of rotatable bonds is 7. The Kier molecular flexibility index (Phi) is 5.27. The summed E-state index contributed by atoms with van der Waals surface area (Å²) in [6, 6.07) is 11.9. The summed E-state index contributed by atoms with van der Waals surface area (Å²) >= 11 is 0. The molecule has 1 aliphatic rings. The molecule has 0 bridgehead atoms. The van der Waals surface area contributed by atoms with Crippen molar-refractivity contribution >= 4 is 17.8 Å². The van der Waals surface area contributed by atoms with E-state index in [1.807, 2.05) is 26.0 Å². The molecule has 1 fully saturated rings. The number of furan rings is 1. The van der Waals surface area contributed by atoms with Gasteiger partial charge < -0.3 is 15.1 Å². The summed E-state index contributed by atoms with van der Waals surface area (Å²) in [7, 11) is 0. The van der Waals surface area contributed by atoms with Crippen LogP contribution >= 0.6 is 0 Å². The third-order valence-electron chi connectivity index (χ3n) is 4.77. The van der Waals surface area contributed by atoms with Crippen LogP contribution in [0.4, 0.5) is 4.79 Å². The van der Waals surface area contributed by atoms with Crippen molar-refractivity contribution in [1.82, 2.24) is 15.8 Å². The largest absolute Gasteiger partial charge is 0.463 e. The summed E-state index contributed by atoms with van der Waals surface area (Å²) in [4.78, 5) is 37.5. The first kappa shape index (κ1) is 18.7. The molecule has 0 unspecified atom stereocenters. The Morgan fingerprint density at radius 3 is 2.63 bits per heavy atom. The number of hydrazine groups is 1. The highest BCUT2D eigenvalue weighted by molar-refractivity contribution is 6.08. The van der Waals surface area contributed by atoms with Gasteiger partial charge in [-0.15, -0.1) is 0 Å². The van der Waals surface area contributed by atoms with Gasteiger partial charge >= 0.3 is 6.03 Å². The highest BCUT2D eigenvalue weighted by Gasteiger charge is 2.52. The van der Waals surface area contributed by atoms with E-state index < -0.39 is 23.4 Å². The van der Waals surface area contributed by atoms with Crippen LogP contribution in [0.3, 0.4) is 0 Å². The Balaban J connectivity index is 1.66. The van der Waals surface area contributed by atoms with Gasteiger partial charge in [0.05, 0.1) is 6.26 Å². The van der Waals surface area contributed by atoms with Gasteiger partial charge in [0.25, 0.3) is 11.8 Å². The second-order valence-corrected chi connectivity index (χ2v) is 6.47. The number of nitrogens with one attached hydrogen (secondary N) is 2. The SMILES string of the molecule is CC[C@]1(c2ccccc2)NC(=O)N(NC(=O)C[NH2+][C@@H](C)c2ccco2)C1=O. The lowest BCUT2D eigenvalue weighted by atomic mass is 9.87. The zero-order valence-corrected chi connectivity index (χ0v) is 15.3. The molecule has 4 amide bonds. The fourth-order valence-corrected chi connectivity index (χ4v) is 3.16. The number of hydrogen-bond donors (Lipinski definition) is 3. The highest BCUT2D eigenvalue weighted by Crippen LogP contribution is 2.31. The lowest BCUT2D eigenvalue weighted by Gasteiger charge is -2.25. The number of nitrogens with two attached hydrogens (primary N) is 1. The smallest absolute Gasteiger partial charge is 0.344 e. The van der Waals surface area contributed by atoms with Crippen LogP contribution in [0.25, 0.3) is 0 Å². The molecule has 142 valence electrons. The molecule has 0 aliphatic carbocycles. The lowest BCUT2D eigenvalue weighted by molar-refractivity contribution is -0.684. The summed E-state index contributed by atoms with van der Waals surface area (Å²) < 4.78 is 5.29. The predicted octanol–water partition coefficient (Wildman–Crippen LogP) is 0.793. The lowest BCUT2D eigenvalue weighted by Crippen LogP contribution is -2.87. The molecule has 3 rings (SSSR count). The van der Waals surface area contributed by atoms with Crippen molar-refractivity contribution in [2.24, 2.45) is 0 Å². The minimum Gasteiger partial charge on any atom is -0.463 e. The predicted molar refractivity (Wildman–Crippen MR) is 95.8 cm³/mol. The van der Waals surface area contributed by atoms with E-state index in [1.165, 1.54) is 0 Å². The van der Waals surface area contributed by atoms with E-state index in [0.717, 1.165) is 10.8 Å². The van der Waals surface area contributed by atoms with Gasteiger partial charge in [-0.2, -0.15) is 5.01 Å². The zero-order chi connectivity index (χ0) is 19.4. The van der Waals surface area contributed by atoms with Crippen LogP contribution in [0.1, 0.15) is 37.6 Å². The second kappa shape index (κ2) is 7.63. The van der Waals surface area contributed by atoms with E-state index in [4.69, 9.17) is 4.42 Å². The molecule has 2 aromatic rings. The van der Waals surface area contributed by atoms with Crippen LogP contribution in [0.5, 0.6) is 0 Å². The Bertz CT molecular complexity index is 821. The number of urea groups is 1. The van der Waals surface area contributed by atoms with Crippen molar-refractivity contribution in [3.05, 3.63) is 60.1 Å². The van der Waals surface area contributed by atoms with Gasteiger partial charge in [0.1, 0.15) is 11.6 Å². The topological polar surface area (TPSA) is 108 Å². The molecule has 0 radical (unpaired) electrons. The molecule has 0 saturated carbocycles. The fraction of sp³-hybridized carbons (Fsp3) is 0.316. The molecule has 4 N–H and O–H groups in total. The summed E-state index contributed by atoms with van der Waals surface area (Å²) in [5.41, 5.74) is 1.92. The maximum absolute atomic E-state index is 12.9. The summed E-state index contributed by atoms with van der Waals surface area (Å²) in [6.07, 6.45) is 1.94. The Morgan fingerprint density at radius 2 is 2.00 bits per heavy atom. The number of amides is 4. The monoisotopic (exact) mass is 371 g/mol. The van der Waals surface area contributed by atoms with Gasteiger partial charge in [-0.25, -0.2) is 4.79 Å². The van der Waals surface area contributed by atoms with Gasteiger partial charge in [0.2, 0.25) is 0 Å². The Morgan fingerprint density at radius 1 is 1.26 bits per heavy atom. The molecule has 1 aliphatic heterocycles. The van der Waals surface area contributed by atoms with Crippen LogP contribution in [0.2, 0.25) is 0 Å². The van der Waals surface area contributed by atoms with Crippen LogP contribution in [-0.4, -0.2) is 29.4 Å². The van der Waals surface area contributed by atoms with Crippen LogP contribution in [0.15, 0.2) is 53.1 Å². The van der Waals surface area contributed by atoms with Crippen LogP contribution in [0, 0.1) is 0 Å². The zero-order valence-electron chi connectivity index (χ0n) is 15.3. The molecular formula is C19H23N4O4+. The molecule has 8 nitrogen and oxygen atoms in total. The molecule has 2 atom stereocenters. The fourth-order valence-electron chi connectivity index (χ4n) is 3.16. The third-order valence-corrected chi connectivity index (χ3v) is 4.77. The van der Waals surface area contributed by atoms with Crippen molar-refractivity contribution < 1.29 is 24.1 Å². The van der Waals surface area contributed by atoms with Crippen LogP contribution < -0.4 is 16.1 Å². The molecule has 1 aromatic carbocycles. The minimum absolute atomic E-state index is 0.0450. The van der Waals surface area contributed by atoms with Gasteiger partial charge in [-0.05, 0) is 31.0 Å². The molecule has 0 spiro atoms. The van der Waals surface area contributed by atoms with Crippen LogP contribution in [-0.2, 0) is 15.1 Å². The second-order valence-electron chi connectivity index (χ2n) is 6.47. The van der Waals surface area contributed by atoms with Crippen molar-refractivity contribution in [2.45, 2.75) is 31.8 Å². The molecular weight excluding hydrogens is 348 g/mol. The first-order valence-electron chi connectivity index (χ1n) is 8.86. The van der Waals surface area contributed by atoms with Crippen molar-refractivity contribution in [3.63, 3.8) is 0 Å². The van der Waals surface area contributed by atoms with Gasteiger partial charge in [0.15, 0.2) is 12.3 Å². The van der Waals surface area contributed by atoms with E-state index in [0.29, 0.717) is 12.0 Å². The van der Waals surface area contributed by atoms with Gasteiger partial charge in [-0.3, -0.25) is 15.0 Å². The summed E-state index contributed by atoms with van der Waals surface area (Å²) in [5.74, 6) is -0.197. The molecule has 8 heteroatoms. The number of quaternary nitrogens is 1. The number of nitrogens with zero attached hydrogens (tertiary/aromatic N) is 1. The Labute approximate surface area is 156 Å². The van der Waals surface area contributed by atoms with Crippen molar-refractivity contribution in [2.75, 3.05) is 6.54 Å².